The Bertz CT molecular complexity index is 1460. The summed E-state index contributed by atoms with van der Waals surface area (Å²) in [5.74, 6) is -0.654. The molecule has 0 saturated carbocycles. The van der Waals surface area contributed by atoms with Crippen molar-refractivity contribution in [3.8, 4) is 16.2 Å². The van der Waals surface area contributed by atoms with Gasteiger partial charge in [0.1, 0.15) is 11.4 Å². The van der Waals surface area contributed by atoms with Gasteiger partial charge in [-0.25, -0.2) is 9.18 Å². The number of alkyl halides is 3. The smallest absolute Gasteiger partial charge is 0.416 e. The maximum Gasteiger partial charge on any atom is 0.416 e. The zero-order valence-electron chi connectivity index (χ0n) is 17.6. The van der Waals surface area contributed by atoms with Gasteiger partial charge < -0.3 is 9.84 Å². The van der Waals surface area contributed by atoms with Gasteiger partial charge in [-0.15, -0.1) is 11.3 Å². The fourth-order valence-corrected chi connectivity index (χ4v) is 4.80. The number of nitrogens with zero attached hydrogens (tertiary/aromatic N) is 1. The second-order valence-electron chi connectivity index (χ2n) is 7.58. The SMILES string of the molecule is Cc1c(-c2ccc(OCc3ccccc3)c(F)c2)sc2c1c(=O)[nH]c(=O)n2CC(O)C(F)(F)F. The quantitative estimate of drug-likeness (QED) is 0.390. The van der Waals surface area contributed by atoms with Gasteiger partial charge in [0, 0.05) is 4.88 Å². The Balaban J connectivity index is 1.72. The Hall–Kier alpha value is -3.44. The average Bonchev–Trinajstić information content (AvgIpc) is 3.13. The third-order valence-electron chi connectivity index (χ3n) is 5.23. The van der Waals surface area contributed by atoms with E-state index in [4.69, 9.17) is 4.74 Å². The number of aliphatic hydroxyl groups is 1. The first kappa shape index (κ1) is 23.7. The van der Waals surface area contributed by atoms with Crippen LogP contribution in [0.15, 0.2) is 58.1 Å². The van der Waals surface area contributed by atoms with E-state index >= 15 is 0 Å². The number of hydrogen-bond acceptors (Lipinski definition) is 5. The Labute approximate surface area is 193 Å². The van der Waals surface area contributed by atoms with Crippen molar-refractivity contribution in [2.45, 2.75) is 32.4 Å². The number of nitrogens with one attached hydrogen (secondary N) is 1. The Morgan fingerprint density at radius 1 is 1.15 bits per heavy atom. The van der Waals surface area contributed by atoms with Crippen molar-refractivity contribution in [1.82, 2.24) is 9.55 Å². The van der Waals surface area contributed by atoms with E-state index in [1.807, 2.05) is 35.3 Å². The van der Waals surface area contributed by atoms with Crippen LogP contribution in [0.2, 0.25) is 0 Å². The van der Waals surface area contributed by atoms with E-state index in [0.717, 1.165) is 16.9 Å². The molecule has 4 rings (SSSR count). The number of aromatic nitrogens is 2. The lowest BCUT2D eigenvalue weighted by Crippen LogP contribution is -2.38. The van der Waals surface area contributed by atoms with Crippen LogP contribution in [0, 0.1) is 12.7 Å². The number of benzene rings is 2. The van der Waals surface area contributed by atoms with Crippen LogP contribution in [-0.4, -0.2) is 26.9 Å². The van der Waals surface area contributed by atoms with Gasteiger partial charge in [-0.2, -0.15) is 13.2 Å². The van der Waals surface area contributed by atoms with Crippen molar-refractivity contribution in [3.63, 3.8) is 0 Å². The molecular weight excluding hydrogens is 476 g/mol. The van der Waals surface area contributed by atoms with E-state index in [-0.39, 0.29) is 22.6 Å². The molecule has 2 aromatic heterocycles. The molecule has 1 atom stereocenters. The number of aliphatic hydroxyl groups excluding tert-OH is 1. The van der Waals surface area contributed by atoms with E-state index < -0.39 is 35.9 Å². The number of fused-ring (bicyclic) bond motifs is 1. The normalized spacial score (nSPS) is 12.8. The van der Waals surface area contributed by atoms with E-state index in [1.54, 1.807) is 13.0 Å². The maximum atomic E-state index is 14.8. The minimum absolute atomic E-state index is 0.00112. The zero-order valence-corrected chi connectivity index (χ0v) is 18.5. The summed E-state index contributed by atoms with van der Waals surface area (Å²) >= 11 is 0.866. The Morgan fingerprint density at radius 3 is 2.50 bits per heavy atom. The number of ether oxygens (including phenoxy) is 1. The monoisotopic (exact) mass is 494 g/mol. The van der Waals surface area contributed by atoms with Gasteiger partial charge >= 0.3 is 11.9 Å². The van der Waals surface area contributed by atoms with Crippen LogP contribution < -0.4 is 16.0 Å². The topological polar surface area (TPSA) is 84.3 Å². The molecule has 2 N–H and O–H groups in total. The molecule has 4 aromatic rings. The van der Waals surface area contributed by atoms with Gasteiger partial charge in [0.05, 0.1) is 11.9 Å². The summed E-state index contributed by atoms with van der Waals surface area (Å²) < 4.78 is 59.5. The van der Waals surface area contributed by atoms with Gasteiger partial charge in [-0.3, -0.25) is 14.3 Å². The number of halogens is 4. The summed E-state index contributed by atoms with van der Waals surface area (Å²) in [5.41, 5.74) is -0.276. The van der Waals surface area contributed by atoms with E-state index in [1.165, 1.54) is 12.1 Å². The summed E-state index contributed by atoms with van der Waals surface area (Å²) in [7, 11) is 0. The number of hydrogen-bond donors (Lipinski definition) is 2. The van der Waals surface area contributed by atoms with Crippen LogP contribution in [0.3, 0.4) is 0 Å². The van der Waals surface area contributed by atoms with Gasteiger partial charge in [0.15, 0.2) is 17.7 Å². The highest BCUT2D eigenvalue weighted by Crippen LogP contribution is 2.38. The molecular formula is C23H18F4N2O4S. The predicted molar refractivity (Wildman–Crippen MR) is 120 cm³/mol. The molecule has 2 heterocycles. The fraction of sp³-hybridized carbons (Fsp3) is 0.217. The molecule has 0 fully saturated rings. The van der Waals surface area contributed by atoms with Crippen molar-refractivity contribution in [2.75, 3.05) is 0 Å². The number of rotatable bonds is 6. The van der Waals surface area contributed by atoms with Gasteiger partial charge in [0.2, 0.25) is 0 Å². The van der Waals surface area contributed by atoms with Crippen LogP contribution in [0.4, 0.5) is 17.6 Å². The van der Waals surface area contributed by atoms with Gasteiger partial charge in [-0.05, 0) is 41.8 Å². The molecule has 0 bridgehead atoms. The van der Waals surface area contributed by atoms with Crippen LogP contribution in [0.5, 0.6) is 5.75 Å². The Kier molecular flexibility index (Phi) is 6.32. The first-order chi connectivity index (χ1) is 16.1. The lowest BCUT2D eigenvalue weighted by atomic mass is 10.1. The van der Waals surface area contributed by atoms with Crippen LogP contribution in [-0.2, 0) is 13.2 Å². The summed E-state index contributed by atoms with van der Waals surface area (Å²) in [6.07, 6.45) is -7.75. The molecule has 2 aromatic carbocycles. The molecule has 178 valence electrons. The third-order valence-corrected chi connectivity index (χ3v) is 6.59. The van der Waals surface area contributed by atoms with Crippen molar-refractivity contribution in [2.24, 2.45) is 0 Å². The minimum Gasteiger partial charge on any atom is -0.486 e. The maximum absolute atomic E-state index is 14.8. The molecule has 0 saturated heterocycles. The summed E-state index contributed by atoms with van der Waals surface area (Å²) in [5, 5.41) is 9.45. The number of thiophene rings is 1. The highest BCUT2D eigenvalue weighted by molar-refractivity contribution is 7.22. The highest BCUT2D eigenvalue weighted by Gasteiger charge is 2.39. The van der Waals surface area contributed by atoms with E-state index in [9.17, 15) is 32.3 Å². The van der Waals surface area contributed by atoms with Crippen molar-refractivity contribution in [3.05, 3.63) is 86.3 Å². The lowest BCUT2D eigenvalue weighted by molar-refractivity contribution is -0.207. The molecule has 0 radical (unpaired) electrons. The van der Waals surface area contributed by atoms with Crippen molar-refractivity contribution >= 4 is 21.6 Å². The molecule has 1 unspecified atom stereocenters. The van der Waals surface area contributed by atoms with Crippen molar-refractivity contribution in [1.29, 1.82) is 0 Å². The van der Waals surface area contributed by atoms with Crippen LogP contribution >= 0.6 is 11.3 Å². The van der Waals surface area contributed by atoms with E-state index in [0.29, 0.717) is 20.6 Å². The van der Waals surface area contributed by atoms with Gasteiger partial charge in [0.25, 0.3) is 5.56 Å². The first-order valence-electron chi connectivity index (χ1n) is 10.0. The standard InChI is InChI=1S/C23H18F4N2O4S/c1-12-18-20(31)28-22(32)29(10-17(30)23(25,26)27)21(18)34-19(12)14-7-8-16(15(24)9-14)33-11-13-5-3-2-4-6-13/h2-9,17,30H,10-11H2,1H3,(H,28,31,32). The van der Waals surface area contributed by atoms with Crippen LogP contribution in [0.1, 0.15) is 11.1 Å². The van der Waals surface area contributed by atoms with Crippen LogP contribution in [0.25, 0.3) is 20.7 Å². The fourth-order valence-electron chi connectivity index (χ4n) is 3.49. The second kappa shape index (κ2) is 9.07. The molecule has 0 spiro atoms. The summed E-state index contributed by atoms with van der Waals surface area (Å²) in [6.45, 7) is 0.619. The van der Waals surface area contributed by atoms with E-state index in [2.05, 4.69) is 0 Å². The summed E-state index contributed by atoms with van der Waals surface area (Å²) in [6, 6.07) is 13.3. The van der Waals surface area contributed by atoms with Crippen molar-refractivity contribution < 1.29 is 27.4 Å². The zero-order chi connectivity index (χ0) is 24.6. The number of H-pyrrole nitrogens is 1. The Morgan fingerprint density at radius 2 is 1.85 bits per heavy atom. The number of aromatic amines is 1. The minimum atomic E-state index is -4.95. The molecule has 0 aliphatic heterocycles. The molecule has 0 amide bonds. The highest BCUT2D eigenvalue weighted by atomic mass is 32.1. The predicted octanol–water partition coefficient (Wildman–Crippen LogP) is 4.37. The van der Waals surface area contributed by atoms with Gasteiger partial charge in [-0.1, -0.05) is 30.3 Å². The summed E-state index contributed by atoms with van der Waals surface area (Å²) in [4.78, 5) is 27.0. The molecule has 0 aliphatic carbocycles. The molecule has 11 heteroatoms. The first-order valence-corrected chi connectivity index (χ1v) is 10.9. The second-order valence-corrected chi connectivity index (χ2v) is 8.58. The molecule has 34 heavy (non-hydrogen) atoms. The largest absolute Gasteiger partial charge is 0.486 e. The number of aryl methyl sites for hydroxylation is 1. The molecule has 6 nitrogen and oxygen atoms in total. The third kappa shape index (κ3) is 4.62. The molecule has 0 aliphatic rings. The average molecular weight is 494 g/mol. The lowest BCUT2D eigenvalue weighted by Gasteiger charge is -2.15.